The first-order valence-electron chi connectivity index (χ1n) is 6.95. The molecule has 0 spiro atoms. The summed E-state index contributed by atoms with van der Waals surface area (Å²) in [6.45, 7) is 6.61. The van der Waals surface area contributed by atoms with Crippen LogP contribution in [0.4, 0.5) is 13.2 Å². The Morgan fingerprint density at radius 2 is 2.05 bits per heavy atom. The Kier molecular flexibility index (Phi) is 4.60. The molecule has 0 aromatic heterocycles. The van der Waals surface area contributed by atoms with E-state index < -0.39 is 17.3 Å². The molecule has 1 amide bonds. The first-order chi connectivity index (χ1) is 10.2. The second kappa shape index (κ2) is 6.12. The van der Waals surface area contributed by atoms with Crippen molar-refractivity contribution in [2.45, 2.75) is 31.7 Å². The third-order valence-electron chi connectivity index (χ3n) is 3.79. The number of ether oxygens (including phenoxy) is 1. The standard InChI is InChI=1S/C16H18F3NO2/c1-3-14(21)20-9-8-15(2,11-20)22-10-12-4-6-13(7-5-12)16(17,18)19/h3-7H,1,8-11H2,2H3. The van der Waals surface area contributed by atoms with Gasteiger partial charge in [0, 0.05) is 13.1 Å². The highest BCUT2D eigenvalue weighted by molar-refractivity contribution is 5.87. The summed E-state index contributed by atoms with van der Waals surface area (Å²) in [5.41, 5.74) is -0.490. The number of rotatable bonds is 4. The number of nitrogens with zero attached hydrogens (tertiary/aromatic N) is 1. The molecule has 1 fully saturated rings. The van der Waals surface area contributed by atoms with Crippen LogP contribution in [0.15, 0.2) is 36.9 Å². The maximum absolute atomic E-state index is 12.5. The van der Waals surface area contributed by atoms with Gasteiger partial charge in [-0.2, -0.15) is 13.2 Å². The zero-order chi connectivity index (χ0) is 16.4. The second-order valence-electron chi connectivity index (χ2n) is 5.65. The molecule has 1 atom stereocenters. The molecule has 0 bridgehead atoms. The van der Waals surface area contributed by atoms with Gasteiger partial charge < -0.3 is 9.64 Å². The van der Waals surface area contributed by atoms with E-state index in [0.29, 0.717) is 25.1 Å². The van der Waals surface area contributed by atoms with E-state index in [9.17, 15) is 18.0 Å². The fraction of sp³-hybridized carbons (Fsp3) is 0.438. The Bertz CT molecular complexity index is 554. The Hall–Kier alpha value is -1.82. The maximum atomic E-state index is 12.5. The quantitative estimate of drug-likeness (QED) is 0.797. The van der Waals surface area contributed by atoms with E-state index in [1.165, 1.54) is 18.2 Å². The molecule has 0 radical (unpaired) electrons. The molecule has 1 unspecified atom stereocenters. The number of alkyl halides is 3. The molecule has 3 nitrogen and oxygen atoms in total. The second-order valence-corrected chi connectivity index (χ2v) is 5.65. The molecule has 1 aromatic carbocycles. The van der Waals surface area contributed by atoms with Crippen LogP contribution >= 0.6 is 0 Å². The number of halogens is 3. The van der Waals surface area contributed by atoms with Crippen molar-refractivity contribution in [3.63, 3.8) is 0 Å². The van der Waals surface area contributed by atoms with Crippen LogP contribution in [0.3, 0.4) is 0 Å². The van der Waals surface area contributed by atoms with Crippen LogP contribution in [-0.4, -0.2) is 29.5 Å². The summed E-state index contributed by atoms with van der Waals surface area (Å²) in [4.78, 5) is 13.2. The molecule has 6 heteroatoms. The van der Waals surface area contributed by atoms with Crippen LogP contribution in [0.2, 0.25) is 0 Å². The lowest BCUT2D eigenvalue weighted by molar-refractivity contribution is -0.137. The normalized spacial score (nSPS) is 21.9. The third kappa shape index (κ3) is 3.88. The van der Waals surface area contributed by atoms with Crippen LogP contribution in [0.1, 0.15) is 24.5 Å². The van der Waals surface area contributed by atoms with E-state index in [2.05, 4.69) is 6.58 Å². The van der Waals surface area contributed by atoms with Gasteiger partial charge in [-0.1, -0.05) is 18.7 Å². The molecule has 2 rings (SSSR count). The molecule has 0 N–H and O–H groups in total. The average molecular weight is 313 g/mol. The van der Waals surface area contributed by atoms with Gasteiger partial charge in [0.2, 0.25) is 5.91 Å². The Morgan fingerprint density at radius 3 is 2.59 bits per heavy atom. The molecule has 120 valence electrons. The number of hydrogen-bond acceptors (Lipinski definition) is 2. The first kappa shape index (κ1) is 16.5. The van der Waals surface area contributed by atoms with E-state index in [4.69, 9.17) is 4.74 Å². The highest BCUT2D eigenvalue weighted by Crippen LogP contribution is 2.30. The fourth-order valence-corrected chi connectivity index (χ4v) is 2.42. The molecule has 1 aliphatic rings. The summed E-state index contributed by atoms with van der Waals surface area (Å²) >= 11 is 0. The van der Waals surface area contributed by atoms with Crippen LogP contribution in [-0.2, 0) is 22.3 Å². The summed E-state index contributed by atoms with van der Waals surface area (Å²) in [5.74, 6) is -0.137. The summed E-state index contributed by atoms with van der Waals surface area (Å²) < 4.78 is 43.3. The summed E-state index contributed by atoms with van der Waals surface area (Å²) in [7, 11) is 0. The molecular weight excluding hydrogens is 295 g/mol. The molecule has 0 aliphatic carbocycles. The minimum atomic E-state index is -4.33. The van der Waals surface area contributed by atoms with Crippen molar-refractivity contribution in [2.75, 3.05) is 13.1 Å². The summed E-state index contributed by atoms with van der Waals surface area (Å²) in [6.07, 6.45) is -2.38. The van der Waals surface area contributed by atoms with Crippen molar-refractivity contribution < 1.29 is 22.7 Å². The van der Waals surface area contributed by atoms with Crippen molar-refractivity contribution in [3.05, 3.63) is 48.0 Å². The number of likely N-dealkylation sites (tertiary alicyclic amines) is 1. The molecule has 1 heterocycles. The van der Waals surface area contributed by atoms with Gasteiger partial charge in [-0.05, 0) is 37.1 Å². The molecule has 1 aromatic rings. The van der Waals surface area contributed by atoms with E-state index in [1.807, 2.05) is 6.92 Å². The highest BCUT2D eigenvalue weighted by atomic mass is 19.4. The largest absolute Gasteiger partial charge is 0.416 e. The van der Waals surface area contributed by atoms with Crippen LogP contribution in [0.25, 0.3) is 0 Å². The smallest absolute Gasteiger partial charge is 0.369 e. The lowest BCUT2D eigenvalue weighted by Gasteiger charge is -2.25. The van der Waals surface area contributed by atoms with E-state index in [1.54, 1.807) is 4.90 Å². The summed E-state index contributed by atoms with van der Waals surface area (Å²) in [5, 5.41) is 0. The highest BCUT2D eigenvalue weighted by Gasteiger charge is 2.36. The predicted molar refractivity (Wildman–Crippen MR) is 76.0 cm³/mol. The lowest BCUT2D eigenvalue weighted by atomic mass is 10.1. The van der Waals surface area contributed by atoms with Gasteiger partial charge >= 0.3 is 6.18 Å². The minimum Gasteiger partial charge on any atom is -0.369 e. The number of hydrogen-bond donors (Lipinski definition) is 0. The third-order valence-corrected chi connectivity index (χ3v) is 3.79. The van der Waals surface area contributed by atoms with Gasteiger partial charge in [-0.25, -0.2) is 0 Å². The molecule has 0 saturated carbocycles. The topological polar surface area (TPSA) is 29.5 Å². The molecule has 22 heavy (non-hydrogen) atoms. The monoisotopic (exact) mass is 313 g/mol. The Balaban J connectivity index is 1.93. The molecule has 1 saturated heterocycles. The van der Waals surface area contributed by atoms with Crippen molar-refractivity contribution >= 4 is 5.91 Å². The van der Waals surface area contributed by atoms with E-state index in [0.717, 1.165) is 12.1 Å². The first-order valence-corrected chi connectivity index (χ1v) is 6.95. The minimum absolute atomic E-state index is 0.137. The van der Waals surface area contributed by atoms with Gasteiger partial charge in [0.05, 0.1) is 17.8 Å². The van der Waals surface area contributed by atoms with Gasteiger partial charge in [-0.15, -0.1) is 0 Å². The van der Waals surface area contributed by atoms with Crippen molar-refractivity contribution in [2.24, 2.45) is 0 Å². The maximum Gasteiger partial charge on any atom is 0.416 e. The lowest BCUT2D eigenvalue weighted by Crippen LogP contribution is -2.35. The zero-order valence-corrected chi connectivity index (χ0v) is 12.3. The number of amides is 1. The van der Waals surface area contributed by atoms with Crippen molar-refractivity contribution in [3.8, 4) is 0 Å². The zero-order valence-electron chi connectivity index (χ0n) is 12.3. The van der Waals surface area contributed by atoms with Gasteiger partial charge in [0.15, 0.2) is 0 Å². The predicted octanol–water partition coefficient (Wildman–Crippen LogP) is 3.40. The number of carbonyl (C=O) groups excluding carboxylic acids is 1. The van der Waals surface area contributed by atoms with Crippen molar-refractivity contribution in [1.82, 2.24) is 4.90 Å². The Labute approximate surface area is 127 Å². The Morgan fingerprint density at radius 1 is 1.41 bits per heavy atom. The van der Waals surface area contributed by atoms with E-state index >= 15 is 0 Å². The molecular formula is C16H18F3NO2. The van der Waals surface area contributed by atoms with Crippen LogP contribution < -0.4 is 0 Å². The van der Waals surface area contributed by atoms with Crippen LogP contribution in [0.5, 0.6) is 0 Å². The SMILES string of the molecule is C=CC(=O)N1CCC(C)(OCc2ccc(C(F)(F)F)cc2)C1. The fourth-order valence-electron chi connectivity index (χ4n) is 2.42. The molecule has 1 aliphatic heterocycles. The number of benzene rings is 1. The van der Waals surface area contributed by atoms with Crippen molar-refractivity contribution in [1.29, 1.82) is 0 Å². The van der Waals surface area contributed by atoms with Gasteiger partial charge in [0.1, 0.15) is 0 Å². The van der Waals surface area contributed by atoms with E-state index in [-0.39, 0.29) is 12.5 Å². The van der Waals surface area contributed by atoms with Gasteiger partial charge in [-0.3, -0.25) is 4.79 Å². The summed E-state index contributed by atoms with van der Waals surface area (Å²) in [6, 6.07) is 4.91. The van der Waals surface area contributed by atoms with Gasteiger partial charge in [0.25, 0.3) is 0 Å². The average Bonchev–Trinajstić information content (AvgIpc) is 2.87. The number of carbonyl (C=O) groups is 1. The van der Waals surface area contributed by atoms with Crippen LogP contribution in [0, 0.1) is 0 Å².